The van der Waals surface area contributed by atoms with E-state index in [4.69, 9.17) is 0 Å². The fourth-order valence-corrected chi connectivity index (χ4v) is 2.92. The first-order valence-electron chi connectivity index (χ1n) is 7.91. The Kier molecular flexibility index (Phi) is 5.54. The first-order valence-corrected chi connectivity index (χ1v) is 7.91. The molecule has 122 valence electrons. The van der Waals surface area contributed by atoms with E-state index in [0.717, 1.165) is 29.5 Å². The molecule has 0 aliphatic rings. The molecule has 1 N–H and O–H groups in total. The highest BCUT2D eigenvalue weighted by molar-refractivity contribution is 5.69. The SMILES string of the molecule is C=CN[C@@H](CCC)c1cc(-c2ccc(F)cc2C)cc(C)c1F. The van der Waals surface area contributed by atoms with Gasteiger partial charge in [0.25, 0.3) is 0 Å². The maximum atomic E-state index is 14.6. The van der Waals surface area contributed by atoms with Crippen LogP contribution in [0.2, 0.25) is 0 Å². The highest BCUT2D eigenvalue weighted by atomic mass is 19.1. The molecule has 0 aromatic heterocycles. The van der Waals surface area contributed by atoms with Gasteiger partial charge in [-0.2, -0.15) is 0 Å². The van der Waals surface area contributed by atoms with Crippen molar-refractivity contribution >= 4 is 0 Å². The number of benzene rings is 2. The molecule has 0 spiro atoms. The van der Waals surface area contributed by atoms with Crippen molar-refractivity contribution < 1.29 is 8.78 Å². The Bertz CT molecular complexity index is 707. The van der Waals surface area contributed by atoms with Gasteiger partial charge in [0.1, 0.15) is 11.6 Å². The van der Waals surface area contributed by atoms with Crippen LogP contribution in [0, 0.1) is 25.5 Å². The number of nitrogens with one attached hydrogen (secondary N) is 1. The van der Waals surface area contributed by atoms with Crippen LogP contribution < -0.4 is 5.32 Å². The van der Waals surface area contributed by atoms with Crippen molar-refractivity contribution in [2.75, 3.05) is 0 Å². The molecule has 2 rings (SSSR count). The predicted octanol–water partition coefficient (Wildman–Crippen LogP) is 5.82. The molecule has 0 saturated carbocycles. The molecule has 1 nitrogen and oxygen atoms in total. The quantitative estimate of drug-likeness (QED) is 0.708. The first kappa shape index (κ1) is 17.2. The molecule has 0 aliphatic carbocycles. The Balaban J connectivity index is 2.56. The molecule has 0 amide bonds. The van der Waals surface area contributed by atoms with E-state index in [0.29, 0.717) is 11.1 Å². The van der Waals surface area contributed by atoms with Crippen LogP contribution in [0.5, 0.6) is 0 Å². The minimum atomic E-state index is -0.262. The molecular weight excluding hydrogens is 292 g/mol. The molecule has 0 radical (unpaired) electrons. The van der Waals surface area contributed by atoms with Gasteiger partial charge in [0.2, 0.25) is 0 Å². The van der Waals surface area contributed by atoms with Gasteiger partial charge < -0.3 is 5.32 Å². The molecule has 3 heteroatoms. The topological polar surface area (TPSA) is 12.0 Å². The van der Waals surface area contributed by atoms with Crippen LogP contribution in [0.15, 0.2) is 43.1 Å². The summed E-state index contributed by atoms with van der Waals surface area (Å²) in [6, 6.07) is 8.24. The monoisotopic (exact) mass is 315 g/mol. The van der Waals surface area contributed by atoms with E-state index in [9.17, 15) is 8.78 Å². The van der Waals surface area contributed by atoms with Crippen molar-refractivity contribution in [3.05, 3.63) is 71.4 Å². The lowest BCUT2D eigenvalue weighted by molar-refractivity contribution is 0.515. The number of aryl methyl sites for hydroxylation is 2. The average molecular weight is 315 g/mol. The van der Waals surface area contributed by atoms with Crippen LogP contribution >= 0.6 is 0 Å². The van der Waals surface area contributed by atoms with E-state index in [2.05, 4.69) is 18.8 Å². The van der Waals surface area contributed by atoms with Gasteiger partial charge in [-0.1, -0.05) is 26.0 Å². The number of hydrogen-bond acceptors (Lipinski definition) is 1. The molecule has 1 atom stereocenters. The van der Waals surface area contributed by atoms with Gasteiger partial charge in [-0.25, -0.2) is 8.78 Å². The van der Waals surface area contributed by atoms with Gasteiger partial charge in [-0.15, -0.1) is 0 Å². The summed E-state index contributed by atoms with van der Waals surface area (Å²) in [7, 11) is 0. The van der Waals surface area contributed by atoms with Crippen molar-refractivity contribution in [3.63, 3.8) is 0 Å². The third kappa shape index (κ3) is 3.79. The number of hydrogen-bond donors (Lipinski definition) is 1. The van der Waals surface area contributed by atoms with Crippen LogP contribution in [-0.2, 0) is 0 Å². The van der Waals surface area contributed by atoms with Crippen molar-refractivity contribution in [2.45, 2.75) is 39.7 Å². The van der Waals surface area contributed by atoms with E-state index in [1.165, 1.54) is 12.1 Å². The Hall–Kier alpha value is -2.16. The van der Waals surface area contributed by atoms with E-state index in [-0.39, 0.29) is 17.7 Å². The molecular formula is C20H23F2N. The van der Waals surface area contributed by atoms with E-state index in [1.54, 1.807) is 19.2 Å². The highest BCUT2D eigenvalue weighted by Crippen LogP contribution is 2.31. The normalized spacial score (nSPS) is 12.0. The lowest BCUT2D eigenvalue weighted by Crippen LogP contribution is -2.17. The van der Waals surface area contributed by atoms with Crippen molar-refractivity contribution in [1.82, 2.24) is 5.32 Å². The summed E-state index contributed by atoms with van der Waals surface area (Å²) >= 11 is 0. The second-order valence-electron chi connectivity index (χ2n) is 5.87. The van der Waals surface area contributed by atoms with Gasteiger partial charge in [0.15, 0.2) is 0 Å². The Labute approximate surface area is 137 Å². The zero-order valence-electron chi connectivity index (χ0n) is 13.9. The molecule has 2 aromatic rings. The third-order valence-corrected chi connectivity index (χ3v) is 4.05. The van der Waals surface area contributed by atoms with E-state index >= 15 is 0 Å². The van der Waals surface area contributed by atoms with Gasteiger partial charge in [0.05, 0.1) is 6.04 Å². The summed E-state index contributed by atoms with van der Waals surface area (Å²) in [6.07, 6.45) is 3.35. The molecule has 0 aliphatic heterocycles. The van der Waals surface area contributed by atoms with Crippen molar-refractivity contribution in [3.8, 4) is 11.1 Å². The minimum Gasteiger partial charge on any atom is -0.384 e. The second kappa shape index (κ2) is 7.40. The molecule has 0 fully saturated rings. The Morgan fingerprint density at radius 1 is 1.13 bits per heavy atom. The predicted molar refractivity (Wildman–Crippen MR) is 92.2 cm³/mol. The molecule has 0 bridgehead atoms. The summed E-state index contributed by atoms with van der Waals surface area (Å²) in [5, 5.41) is 3.13. The number of halogens is 2. The second-order valence-corrected chi connectivity index (χ2v) is 5.87. The summed E-state index contributed by atoms with van der Waals surface area (Å²) in [6.45, 7) is 9.38. The lowest BCUT2D eigenvalue weighted by atomic mass is 9.92. The highest BCUT2D eigenvalue weighted by Gasteiger charge is 2.17. The average Bonchev–Trinajstić information content (AvgIpc) is 2.50. The lowest BCUT2D eigenvalue weighted by Gasteiger charge is -2.20. The van der Waals surface area contributed by atoms with Crippen molar-refractivity contribution in [1.29, 1.82) is 0 Å². The van der Waals surface area contributed by atoms with Crippen LogP contribution in [0.4, 0.5) is 8.78 Å². The summed E-state index contributed by atoms with van der Waals surface area (Å²) in [4.78, 5) is 0. The smallest absolute Gasteiger partial charge is 0.131 e. The van der Waals surface area contributed by atoms with E-state index < -0.39 is 0 Å². The van der Waals surface area contributed by atoms with Gasteiger partial charge >= 0.3 is 0 Å². The van der Waals surface area contributed by atoms with Gasteiger partial charge in [-0.3, -0.25) is 0 Å². The van der Waals surface area contributed by atoms with Gasteiger partial charge in [0, 0.05) is 5.56 Å². The van der Waals surface area contributed by atoms with E-state index in [1.807, 2.05) is 19.1 Å². The summed E-state index contributed by atoms with van der Waals surface area (Å²) in [5.74, 6) is -0.455. The van der Waals surface area contributed by atoms with Crippen LogP contribution in [0.1, 0.15) is 42.5 Å². The van der Waals surface area contributed by atoms with Crippen LogP contribution in [0.25, 0.3) is 11.1 Å². The Morgan fingerprint density at radius 2 is 1.87 bits per heavy atom. The summed E-state index contributed by atoms with van der Waals surface area (Å²) in [5.41, 5.74) is 3.89. The summed E-state index contributed by atoms with van der Waals surface area (Å²) < 4.78 is 28.0. The molecule has 0 saturated heterocycles. The van der Waals surface area contributed by atoms with Gasteiger partial charge in [-0.05, 0) is 73.0 Å². The largest absolute Gasteiger partial charge is 0.384 e. The molecule has 0 unspecified atom stereocenters. The van der Waals surface area contributed by atoms with Crippen LogP contribution in [0.3, 0.4) is 0 Å². The van der Waals surface area contributed by atoms with Crippen molar-refractivity contribution in [2.24, 2.45) is 0 Å². The molecule has 23 heavy (non-hydrogen) atoms. The maximum Gasteiger partial charge on any atom is 0.131 e. The fraction of sp³-hybridized carbons (Fsp3) is 0.300. The molecule has 2 aromatic carbocycles. The third-order valence-electron chi connectivity index (χ3n) is 4.05. The zero-order chi connectivity index (χ0) is 17.0. The zero-order valence-corrected chi connectivity index (χ0v) is 13.9. The Morgan fingerprint density at radius 3 is 2.48 bits per heavy atom. The maximum absolute atomic E-state index is 14.6. The fourth-order valence-electron chi connectivity index (χ4n) is 2.92. The first-order chi connectivity index (χ1) is 11.0. The number of rotatable bonds is 6. The van der Waals surface area contributed by atoms with Crippen LogP contribution in [-0.4, -0.2) is 0 Å². The molecule has 0 heterocycles. The minimum absolute atomic E-state index is 0.114. The standard InChI is InChI=1S/C20H23F2N/c1-5-7-19(23-6-2)18-12-15(10-14(4)20(18)22)17-9-8-16(21)11-13(17)3/h6,8-12,19,23H,2,5,7H2,1,3-4H3/t19-/m0/s1.